The van der Waals surface area contributed by atoms with Crippen LogP contribution in [0.5, 0.6) is 0 Å². The van der Waals surface area contributed by atoms with Crippen LogP contribution < -0.4 is 0 Å². The molecule has 0 amide bonds. The summed E-state index contributed by atoms with van der Waals surface area (Å²) in [6, 6.07) is 7.01. The number of cyclic esters (lactones) is 2. The van der Waals surface area contributed by atoms with E-state index in [4.69, 9.17) is 21.1 Å². The molecule has 146 valence electrons. The monoisotopic (exact) mass is 411 g/mol. The largest absolute Gasteiger partial charge is 0.419 e. The van der Waals surface area contributed by atoms with E-state index in [1.807, 2.05) is 0 Å². The molecular weight excluding hydrogens is 399 g/mol. The standard InChI is InChI=1S/C19H13ClF3NO4/c1-18(2)27-16(25)13(17(26)28-18)7-10-3-5-11(6-4-10)15-14(20)8-12(9-24-15)19(21,22)23/h3-9H,1-2H3. The molecule has 5 nitrogen and oxygen atoms in total. The topological polar surface area (TPSA) is 65.5 Å². The third-order valence-electron chi connectivity index (χ3n) is 3.78. The van der Waals surface area contributed by atoms with Gasteiger partial charge in [0.05, 0.1) is 16.3 Å². The molecule has 0 spiro atoms. The van der Waals surface area contributed by atoms with Crippen LogP contribution in [-0.4, -0.2) is 22.7 Å². The van der Waals surface area contributed by atoms with Crippen LogP contribution in [0.2, 0.25) is 5.02 Å². The lowest BCUT2D eigenvalue weighted by Crippen LogP contribution is -2.41. The zero-order valence-electron chi connectivity index (χ0n) is 14.6. The van der Waals surface area contributed by atoms with Crippen LogP contribution in [0.3, 0.4) is 0 Å². The summed E-state index contributed by atoms with van der Waals surface area (Å²) < 4.78 is 48.1. The van der Waals surface area contributed by atoms with E-state index in [0.29, 0.717) is 17.3 Å². The predicted octanol–water partition coefficient (Wildman–Crippen LogP) is 4.64. The van der Waals surface area contributed by atoms with E-state index < -0.39 is 29.5 Å². The Morgan fingerprint density at radius 2 is 1.64 bits per heavy atom. The average molecular weight is 412 g/mol. The number of pyridine rings is 1. The SMILES string of the molecule is CC1(C)OC(=O)C(=Cc2ccc(-c3ncc(C(F)(F)F)cc3Cl)cc2)C(=O)O1. The van der Waals surface area contributed by atoms with Crippen molar-refractivity contribution >= 4 is 29.6 Å². The molecule has 1 aromatic heterocycles. The van der Waals surface area contributed by atoms with Crippen LogP contribution in [0, 0.1) is 0 Å². The predicted molar refractivity (Wildman–Crippen MR) is 93.9 cm³/mol. The first-order chi connectivity index (χ1) is 13.0. The summed E-state index contributed by atoms with van der Waals surface area (Å²) in [5, 5.41) is -0.150. The van der Waals surface area contributed by atoms with Crippen LogP contribution in [0.25, 0.3) is 17.3 Å². The van der Waals surface area contributed by atoms with Crippen molar-refractivity contribution in [1.29, 1.82) is 0 Å². The van der Waals surface area contributed by atoms with E-state index in [1.54, 1.807) is 24.3 Å². The van der Waals surface area contributed by atoms with Crippen LogP contribution >= 0.6 is 11.6 Å². The summed E-state index contributed by atoms with van der Waals surface area (Å²) >= 11 is 5.93. The highest BCUT2D eigenvalue weighted by Gasteiger charge is 2.38. The van der Waals surface area contributed by atoms with Gasteiger partial charge in [-0.3, -0.25) is 4.98 Å². The molecule has 0 aliphatic carbocycles. The Morgan fingerprint density at radius 1 is 1.07 bits per heavy atom. The molecule has 2 heterocycles. The highest BCUT2D eigenvalue weighted by Crippen LogP contribution is 2.34. The first-order valence-corrected chi connectivity index (χ1v) is 8.36. The van der Waals surface area contributed by atoms with Crippen molar-refractivity contribution in [3.05, 3.63) is 58.3 Å². The minimum atomic E-state index is -4.54. The molecule has 0 bridgehead atoms. The summed E-state index contributed by atoms with van der Waals surface area (Å²) in [5.74, 6) is -2.95. The second-order valence-corrected chi connectivity index (χ2v) is 6.82. The Morgan fingerprint density at radius 3 is 2.14 bits per heavy atom. The summed E-state index contributed by atoms with van der Waals surface area (Å²) in [6.07, 6.45) is -2.54. The lowest BCUT2D eigenvalue weighted by atomic mass is 10.1. The number of carbonyl (C=O) groups excluding carboxylic acids is 2. The molecule has 0 radical (unpaired) electrons. The molecule has 1 fully saturated rings. The van der Waals surface area contributed by atoms with Crippen LogP contribution in [0.4, 0.5) is 13.2 Å². The van der Waals surface area contributed by atoms with Crippen molar-refractivity contribution < 1.29 is 32.2 Å². The highest BCUT2D eigenvalue weighted by molar-refractivity contribution is 6.33. The molecule has 28 heavy (non-hydrogen) atoms. The number of hydrogen-bond donors (Lipinski definition) is 0. The van der Waals surface area contributed by atoms with Gasteiger partial charge in [-0.2, -0.15) is 13.2 Å². The van der Waals surface area contributed by atoms with E-state index in [-0.39, 0.29) is 16.3 Å². The number of esters is 2. The van der Waals surface area contributed by atoms with Crippen molar-refractivity contribution in [2.75, 3.05) is 0 Å². The minimum Gasteiger partial charge on any atom is -0.419 e. The third-order valence-corrected chi connectivity index (χ3v) is 4.07. The zero-order chi connectivity index (χ0) is 20.7. The molecule has 1 aliphatic heterocycles. The first kappa shape index (κ1) is 19.9. The second-order valence-electron chi connectivity index (χ2n) is 6.41. The summed E-state index contributed by atoms with van der Waals surface area (Å²) in [6.45, 7) is 2.88. The number of hydrogen-bond acceptors (Lipinski definition) is 5. The van der Waals surface area contributed by atoms with Gasteiger partial charge in [0.1, 0.15) is 5.57 Å². The Kier molecular flexibility index (Phi) is 4.93. The number of carbonyl (C=O) groups is 2. The summed E-state index contributed by atoms with van der Waals surface area (Å²) in [7, 11) is 0. The van der Waals surface area contributed by atoms with Crippen molar-refractivity contribution in [3.8, 4) is 11.3 Å². The normalized spacial score (nSPS) is 16.4. The number of benzene rings is 1. The van der Waals surface area contributed by atoms with E-state index in [0.717, 1.165) is 6.07 Å². The van der Waals surface area contributed by atoms with Crippen LogP contribution in [0.15, 0.2) is 42.1 Å². The van der Waals surface area contributed by atoms with E-state index >= 15 is 0 Å². The van der Waals surface area contributed by atoms with Gasteiger partial charge in [0, 0.05) is 25.6 Å². The number of alkyl halides is 3. The van der Waals surface area contributed by atoms with Gasteiger partial charge in [0.2, 0.25) is 0 Å². The van der Waals surface area contributed by atoms with Gasteiger partial charge in [-0.1, -0.05) is 35.9 Å². The molecule has 2 aromatic rings. The maximum atomic E-state index is 12.7. The van der Waals surface area contributed by atoms with Crippen LogP contribution in [-0.2, 0) is 25.2 Å². The zero-order valence-corrected chi connectivity index (χ0v) is 15.4. The lowest BCUT2D eigenvalue weighted by molar-refractivity contribution is -0.222. The van der Waals surface area contributed by atoms with E-state index in [9.17, 15) is 22.8 Å². The summed E-state index contributed by atoms with van der Waals surface area (Å²) in [5.41, 5.74) is -0.0871. The van der Waals surface area contributed by atoms with Crippen LogP contribution in [0.1, 0.15) is 25.0 Å². The van der Waals surface area contributed by atoms with E-state index in [1.165, 1.54) is 19.9 Å². The Bertz CT molecular complexity index is 960. The molecule has 0 unspecified atom stereocenters. The van der Waals surface area contributed by atoms with Gasteiger partial charge in [0.25, 0.3) is 5.79 Å². The Hall–Kier alpha value is -2.87. The Labute approximate surface area is 162 Å². The molecule has 3 rings (SSSR count). The number of halogens is 4. The van der Waals surface area contributed by atoms with Gasteiger partial charge < -0.3 is 9.47 Å². The second kappa shape index (κ2) is 6.94. The lowest BCUT2D eigenvalue weighted by Gasteiger charge is -2.29. The van der Waals surface area contributed by atoms with E-state index in [2.05, 4.69) is 4.98 Å². The molecule has 0 saturated carbocycles. The number of ether oxygens (including phenoxy) is 2. The molecular formula is C19H13ClF3NO4. The molecule has 0 N–H and O–H groups in total. The van der Waals surface area contributed by atoms with Gasteiger partial charge in [0.15, 0.2) is 0 Å². The number of rotatable bonds is 2. The molecule has 0 atom stereocenters. The first-order valence-electron chi connectivity index (χ1n) is 7.98. The fourth-order valence-corrected chi connectivity index (χ4v) is 2.76. The van der Waals surface area contributed by atoms with Crippen molar-refractivity contribution in [2.24, 2.45) is 0 Å². The smallest absolute Gasteiger partial charge is 0.417 e. The van der Waals surface area contributed by atoms with Gasteiger partial charge in [-0.25, -0.2) is 9.59 Å². The maximum Gasteiger partial charge on any atom is 0.417 e. The highest BCUT2D eigenvalue weighted by atomic mass is 35.5. The number of nitrogens with zero attached hydrogens (tertiary/aromatic N) is 1. The van der Waals surface area contributed by atoms with Gasteiger partial charge >= 0.3 is 18.1 Å². The quantitative estimate of drug-likeness (QED) is 0.409. The molecule has 1 aromatic carbocycles. The van der Waals surface area contributed by atoms with Crippen molar-refractivity contribution in [2.45, 2.75) is 25.8 Å². The molecule has 9 heteroatoms. The fraction of sp³-hybridized carbons (Fsp3) is 0.211. The third kappa shape index (κ3) is 4.17. The summed E-state index contributed by atoms with van der Waals surface area (Å²) in [4.78, 5) is 27.7. The van der Waals surface area contributed by atoms with Gasteiger partial charge in [-0.15, -0.1) is 0 Å². The molecule has 1 aliphatic rings. The fourth-order valence-electron chi connectivity index (χ4n) is 2.49. The van der Waals surface area contributed by atoms with Crippen molar-refractivity contribution in [3.63, 3.8) is 0 Å². The average Bonchev–Trinajstić information content (AvgIpc) is 2.57. The number of aromatic nitrogens is 1. The maximum absolute atomic E-state index is 12.7. The Balaban J connectivity index is 1.87. The molecule has 1 saturated heterocycles. The van der Waals surface area contributed by atoms with Crippen molar-refractivity contribution in [1.82, 2.24) is 4.98 Å². The minimum absolute atomic E-state index is 0.150. The van der Waals surface area contributed by atoms with Gasteiger partial charge in [-0.05, 0) is 17.7 Å².